The lowest BCUT2D eigenvalue weighted by molar-refractivity contribution is 0.0205. The van der Waals surface area contributed by atoms with E-state index < -0.39 is 0 Å². The molecular weight excluding hydrogens is 409 g/mol. The Balaban J connectivity index is 0.00000484. The van der Waals surface area contributed by atoms with Gasteiger partial charge in [0.15, 0.2) is 5.96 Å². The maximum absolute atomic E-state index is 5.75. The number of rotatable bonds is 10. The van der Waals surface area contributed by atoms with Crippen LogP contribution < -0.4 is 10.6 Å². The number of nitrogens with one attached hydrogen (secondary N) is 2. The molecule has 6 nitrogen and oxygen atoms in total. The van der Waals surface area contributed by atoms with Crippen LogP contribution in [0.1, 0.15) is 33.1 Å². The van der Waals surface area contributed by atoms with Crippen LogP contribution in [0.3, 0.4) is 0 Å². The average molecular weight is 443 g/mol. The van der Waals surface area contributed by atoms with Crippen molar-refractivity contribution in [1.29, 1.82) is 0 Å². The van der Waals surface area contributed by atoms with Crippen LogP contribution in [0.2, 0.25) is 0 Å². The quantitative estimate of drug-likeness (QED) is 0.234. The minimum Gasteiger partial charge on any atom is -0.383 e. The summed E-state index contributed by atoms with van der Waals surface area (Å²) in [4.78, 5) is 4.56. The molecule has 1 aliphatic rings. The lowest BCUT2D eigenvalue weighted by Crippen LogP contribution is -2.44. The first-order valence-corrected chi connectivity index (χ1v) is 8.45. The zero-order valence-corrected chi connectivity index (χ0v) is 17.1. The molecule has 23 heavy (non-hydrogen) atoms. The highest BCUT2D eigenvalue weighted by atomic mass is 127. The molecule has 2 N–H and O–H groups in total. The predicted molar refractivity (Wildman–Crippen MR) is 105 cm³/mol. The van der Waals surface area contributed by atoms with Crippen molar-refractivity contribution in [2.45, 2.75) is 39.2 Å². The van der Waals surface area contributed by atoms with E-state index in [9.17, 15) is 0 Å². The van der Waals surface area contributed by atoms with Crippen molar-refractivity contribution < 1.29 is 14.2 Å². The summed E-state index contributed by atoms with van der Waals surface area (Å²) in [5.41, 5.74) is 0. The van der Waals surface area contributed by atoms with Gasteiger partial charge in [-0.05, 0) is 39.0 Å². The minimum atomic E-state index is 0. The molecule has 0 amide bonds. The first-order valence-electron chi connectivity index (χ1n) is 8.45. The van der Waals surface area contributed by atoms with E-state index in [1.54, 1.807) is 7.11 Å². The van der Waals surface area contributed by atoms with Crippen LogP contribution in [0.15, 0.2) is 4.99 Å². The first kappa shape index (κ1) is 22.9. The molecule has 0 aromatic carbocycles. The van der Waals surface area contributed by atoms with Gasteiger partial charge in [-0.15, -0.1) is 24.0 Å². The van der Waals surface area contributed by atoms with Gasteiger partial charge in [-0.2, -0.15) is 0 Å². The highest BCUT2D eigenvalue weighted by Gasteiger charge is 2.13. The monoisotopic (exact) mass is 443 g/mol. The standard InChI is InChI=1S/C16H33N3O3.HI/c1-4-17-16(19-14(2)12-20-3)18-8-5-9-22-13-15-6-10-21-11-7-15;/h14-15H,4-13H2,1-3H3,(H2,17,18,19);1H. The Bertz CT molecular complexity index is 300. The van der Waals surface area contributed by atoms with E-state index in [1.165, 1.54) is 0 Å². The molecule has 1 aliphatic heterocycles. The third-order valence-corrected chi connectivity index (χ3v) is 3.56. The Morgan fingerprint density at radius 3 is 2.74 bits per heavy atom. The maximum Gasteiger partial charge on any atom is 0.191 e. The number of guanidine groups is 1. The van der Waals surface area contributed by atoms with Crippen molar-refractivity contribution >= 4 is 29.9 Å². The van der Waals surface area contributed by atoms with Crippen LogP contribution in [0, 0.1) is 5.92 Å². The Kier molecular flexibility index (Phi) is 15.3. The fourth-order valence-corrected chi connectivity index (χ4v) is 2.37. The van der Waals surface area contributed by atoms with Gasteiger partial charge in [-0.1, -0.05) is 0 Å². The highest BCUT2D eigenvalue weighted by Crippen LogP contribution is 2.14. The van der Waals surface area contributed by atoms with Gasteiger partial charge >= 0.3 is 0 Å². The molecular formula is C16H34IN3O3. The molecule has 1 atom stereocenters. The summed E-state index contributed by atoms with van der Waals surface area (Å²) in [6, 6.07) is 0.243. The Morgan fingerprint density at radius 1 is 1.35 bits per heavy atom. The Morgan fingerprint density at radius 2 is 2.09 bits per heavy atom. The molecule has 7 heteroatoms. The second-order valence-electron chi connectivity index (χ2n) is 5.75. The molecule has 0 aliphatic carbocycles. The van der Waals surface area contributed by atoms with Crippen LogP contribution in [-0.2, 0) is 14.2 Å². The summed E-state index contributed by atoms with van der Waals surface area (Å²) < 4.78 is 16.2. The third kappa shape index (κ3) is 12.0. The van der Waals surface area contributed by atoms with E-state index in [0.717, 1.165) is 64.7 Å². The van der Waals surface area contributed by atoms with E-state index in [2.05, 4.69) is 29.5 Å². The third-order valence-electron chi connectivity index (χ3n) is 3.56. The summed E-state index contributed by atoms with van der Waals surface area (Å²) in [6.45, 7) is 9.82. The van der Waals surface area contributed by atoms with Gasteiger partial charge < -0.3 is 24.8 Å². The van der Waals surface area contributed by atoms with Crippen LogP contribution in [0.4, 0.5) is 0 Å². The Hall–Kier alpha value is -0.120. The molecule has 1 heterocycles. The molecule has 0 saturated carbocycles. The molecule has 0 radical (unpaired) electrons. The molecule has 1 saturated heterocycles. The largest absolute Gasteiger partial charge is 0.383 e. The van der Waals surface area contributed by atoms with Crippen molar-refractivity contribution in [3.63, 3.8) is 0 Å². The lowest BCUT2D eigenvalue weighted by Gasteiger charge is -2.21. The smallest absolute Gasteiger partial charge is 0.191 e. The molecule has 0 aromatic rings. The number of methoxy groups -OCH3 is 1. The zero-order chi connectivity index (χ0) is 16.0. The molecule has 0 aromatic heterocycles. The number of hydrogen-bond acceptors (Lipinski definition) is 4. The number of hydrogen-bond donors (Lipinski definition) is 2. The van der Waals surface area contributed by atoms with E-state index in [0.29, 0.717) is 12.5 Å². The predicted octanol–water partition coefficient (Wildman–Crippen LogP) is 2.03. The lowest BCUT2D eigenvalue weighted by atomic mass is 10.0. The van der Waals surface area contributed by atoms with Crippen molar-refractivity contribution in [2.75, 3.05) is 53.2 Å². The van der Waals surface area contributed by atoms with Crippen LogP contribution in [-0.4, -0.2) is 65.2 Å². The Labute approximate surface area is 158 Å². The van der Waals surface area contributed by atoms with Gasteiger partial charge in [0.05, 0.1) is 6.61 Å². The second-order valence-corrected chi connectivity index (χ2v) is 5.75. The molecule has 0 bridgehead atoms. The van der Waals surface area contributed by atoms with Crippen molar-refractivity contribution in [3.05, 3.63) is 0 Å². The van der Waals surface area contributed by atoms with Crippen LogP contribution >= 0.6 is 24.0 Å². The summed E-state index contributed by atoms with van der Waals surface area (Å²) >= 11 is 0. The molecule has 0 spiro atoms. The summed E-state index contributed by atoms with van der Waals surface area (Å²) in [5.74, 6) is 1.52. The van der Waals surface area contributed by atoms with Gasteiger partial charge in [0.25, 0.3) is 0 Å². The maximum atomic E-state index is 5.75. The van der Waals surface area contributed by atoms with Crippen LogP contribution in [0.25, 0.3) is 0 Å². The topological polar surface area (TPSA) is 64.1 Å². The number of aliphatic imine (C=N–C) groups is 1. The first-order chi connectivity index (χ1) is 10.8. The van der Waals surface area contributed by atoms with E-state index >= 15 is 0 Å². The number of nitrogens with zero attached hydrogens (tertiary/aromatic N) is 1. The van der Waals surface area contributed by atoms with E-state index in [-0.39, 0.29) is 30.0 Å². The van der Waals surface area contributed by atoms with Crippen molar-refractivity contribution in [3.8, 4) is 0 Å². The average Bonchev–Trinajstić information content (AvgIpc) is 2.52. The molecule has 1 rings (SSSR count). The van der Waals surface area contributed by atoms with E-state index in [4.69, 9.17) is 14.2 Å². The second kappa shape index (κ2) is 15.4. The highest BCUT2D eigenvalue weighted by molar-refractivity contribution is 14.0. The van der Waals surface area contributed by atoms with E-state index in [1.807, 2.05) is 0 Å². The SMILES string of the molecule is CCNC(=NCCCOCC1CCOCC1)NC(C)COC.I. The summed E-state index contributed by atoms with van der Waals surface area (Å²) in [5, 5.41) is 6.56. The zero-order valence-electron chi connectivity index (χ0n) is 14.8. The van der Waals surface area contributed by atoms with Gasteiger partial charge in [-0.3, -0.25) is 4.99 Å². The molecule has 138 valence electrons. The van der Waals surface area contributed by atoms with Gasteiger partial charge in [0.2, 0.25) is 0 Å². The van der Waals surface area contributed by atoms with Crippen molar-refractivity contribution in [2.24, 2.45) is 10.9 Å². The number of halogens is 1. The van der Waals surface area contributed by atoms with Gasteiger partial charge in [0, 0.05) is 52.7 Å². The summed E-state index contributed by atoms with van der Waals surface area (Å²) in [6.07, 6.45) is 3.20. The molecule has 1 fully saturated rings. The fourth-order valence-electron chi connectivity index (χ4n) is 2.37. The summed E-state index contributed by atoms with van der Waals surface area (Å²) in [7, 11) is 1.71. The van der Waals surface area contributed by atoms with Crippen LogP contribution in [0.5, 0.6) is 0 Å². The van der Waals surface area contributed by atoms with Gasteiger partial charge in [-0.25, -0.2) is 0 Å². The minimum absolute atomic E-state index is 0. The number of ether oxygens (including phenoxy) is 3. The fraction of sp³-hybridized carbons (Fsp3) is 0.938. The normalized spacial score (nSPS) is 17.4. The van der Waals surface area contributed by atoms with Gasteiger partial charge in [0.1, 0.15) is 0 Å². The molecule has 1 unspecified atom stereocenters. The van der Waals surface area contributed by atoms with Crippen molar-refractivity contribution in [1.82, 2.24) is 10.6 Å².